The highest BCUT2D eigenvalue weighted by molar-refractivity contribution is 6.17. The molecule has 0 aromatic heterocycles. The zero-order valence-corrected chi connectivity index (χ0v) is 9.20. The average Bonchev–Trinajstić information content (AvgIpc) is 2.13. The topological polar surface area (TPSA) is 49.8 Å². The van der Waals surface area contributed by atoms with Gasteiger partial charge in [0.05, 0.1) is 6.10 Å². The van der Waals surface area contributed by atoms with Crippen LogP contribution in [0.1, 0.15) is 13.8 Å². The van der Waals surface area contributed by atoms with Gasteiger partial charge >= 0.3 is 6.09 Å². The van der Waals surface area contributed by atoms with Gasteiger partial charge in [-0.3, -0.25) is 0 Å². The van der Waals surface area contributed by atoms with E-state index in [2.05, 4.69) is 4.74 Å². The first kappa shape index (κ1) is 11.6. The van der Waals surface area contributed by atoms with Crippen LogP contribution in [0.2, 0.25) is 0 Å². The quantitative estimate of drug-likeness (QED) is 0.679. The molecule has 1 aliphatic rings. The van der Waals surface area contributed by atoms with Crippen LogP contribution in [0.4, 0.5) is 4.79 Å². The van der Waals surface area contributed by atoms with E-state index in [9.17, 15) is 9.90 Å². The summed E-state index contributed by atoms with van der Waals surface area (Å²) in [6.07, 6.45) is -0.736. The number of aliphatic hydroxyl groups excluding tert-OH is 1. The van der Waals surface area contributed by atoms with Crippen LogP contribution in [0.15, 0.2) is 0 Å². The molecule has 14 heavy (non-hydrogen) atoms. The van der Waals surface area contributed by atoms with Gasteiger partial charge in [0.1, 0.15) is 0 Å². The van der Waals surface area contributed by atoms with Gasteiger partial charge in [-0.05, 0) is 0 Å². The van der Waals surface area contributed by atoms with Crippen molar-refractivity contribution in [3.05, 3.63) is 0 Å². The van der Waals surface area contributed by atoms with E-state index in [1.54, 1.807) is 4.90 Å². The van der Waals surface area contributed by atoms with Crippen molar-refractivity contribution >= 4 is 17.7 Å². The molecule has 1 saturated heterocycles. The van der Waals surface area contributed by atoms with Crippen LogP contribution in [0.5, 0.6) is 0 Å². The van der Waals surface area contributed by atoms with Crippen LogP contribution in [0, 0.1) is 11.8 Å². The number of carbonyl (C=O) groups excluding carboxylic acids is 1. The highest BCUT2D eigenvalue weighted by Gasteiger charge is 2.33. The highest BCUT2D eigenvalue weighted by Crippen LogP contribution is 2.22. The summed E-state index contributed by atoms with van der Waals surface area (Å²) in [6, 6.07) is -0.124. The number of hydrogen-bond acceptors (Lipinski definition) is 3. The molecule has 2 atom stereocenters. The second-order valence-electron chi connectivity index (χ2n) is 3.87. The minimum Gasteiger partial charge on any atom is -0.433 e. The summed E-state index contributed by atoms with van der Waals surface area (Å²) in [7, 11) is 0. The summed E-state index contributed by atoms with van der Waals surface area (Å²) in [5.74, 6) is 0.170. The molecule has 1 heterocycles. The third kappa shape index (κ3) is 2.51. The Kier molecular flexibility index (Phi) is 4.01. The lowest BCUT2D eigenvalue weighted by atomic mass is 9.89. The molecule has 1 N–H and O–H groups in total. The van der Waals surface area contributed by atoms with E-state index in [1.807, 2.05) is 13.8 Å². The van der Waals surface area contributed by atoms with Gasteiger partial charge in [-0.2, -0.15) is 0 Å². The van der Waals surface area contributed by atoms with Crippen molar-refractivity contribution < 1.29 is 14.6 Å². The van der Waals surface area contributed by atoms with Gasteiger partial charge in [0.2, 0.25) is 0 Å². The zero-order valence-electron chi connectivity index (χ0n) is 8.44. The lowest BCUT2D eigenvalue weighted by Crippen LogP contribution is -2.49. The molecule has 1 aliphatic heterocycles. The van der Waals surface area contributed by atoms with Gasteiger partial charge in [-0.25, -0.2) is 4.79 Å². The number of piperidine rings is 1. The summed E-state index contributed by atoms with van der Waals surface area (Å²) < 4.78 is 4.68. The number of likely N-dealkylation sites (tertiary alicyclic amines) is 1. The van der Waals surface area contributed by atoms with Crippen molar-refractivity contribution in [2.24, 2.45) is 11.8 Å². The van der Waals surface area contributed by atoms with Crippen molar-refractivity contribution in [2.75, 3.05) is 19.2 Å². The fourth-order valence-corrected chi connectivity index (χ4v) is 1.93. The van der Waals surface area contributed by atoms with Crippen molar-refractivity contribution in [2.45, 2.75) is 20.0 Å². The van der Waals surface area contributed by atoms with E-state index in [4.69, 9.17) is 11.6 Å². The van der Waals surface area contributed by atoms with Crippen LogP contribution in [-0.2, 0) is 4.74 Å². The van der Waals surface area contributed by atoms with E-state index in [0.29, 0.717) is 13.1 Å². The molecular weight excluding hydrogens is 206 g/mol. The molecule has 82 valence electrons. The molecule has 1 rings (SSSR count). The number of alkyl halides is 1. The van der Waals surface area contributed by atoms with E-state index in [1.165, 1.54) is 0 Å². The first-order chi connectivity index (χ1) is 6.56. The molecule has 0 aromatic carbocycles. The van der Waals surface area contributed by atoms with Gasteiger partial charge in [0.25, 0.3) is 0 Å². The van der Waals surface area contributed by atoms with Crippen LogP contribution >= 0.6 is 11.6 Å². The van der Waals surface area contributed by atoms with E-state index < -0.39 is 6.09 Å². The Labute approximate surface area is 88.8 Å². The maximum absolute atomic E-state index is 11.3. The molecule has 0 aromatic rings. The molecule has 0 bridgehead atoms. The molecule has 5 heteroatoms. The molecule has 1 fully saturated rings. The molecule has 2 unspecified atom stereocenters. The van der Waals surface area contributed by atoms with Gasteiger partial charge < -0.3 is 14.7 Å². The minimum atomic E-state index is -0.398. The Morgan fingerprint density at radius 3 is 2.43 bits per heavy atom. The third-order valence-corrected chi connectivity index (χ3v) is 2.73. The summed E-state index contributed by atoms with van der Waals surface area (Å²) in [6.45, 7) is 4.89. The van der Waals surface area contributed by atoms with Crippen LogP contribution in [0.25, 0.3) is 0 Å². The number of nitrogens with zero attached hydrogens (tertiary/aromatic N) is 1. The van der Waals surface area contributed by atoms with Gasteiger partial charge in [0, 0.05) is 24.9 Å². The Bertz CT molecular complexity index is 200. The van der Waals surface area contributed by atoms with Gasteiger partial charge in [-0.15, -0.1) is 0 Å². The second kappa shape index (κ2) is 4.84. The number of rotatable bonds is 1. The van der Waals surface area contributed by atoms with Gasteiger partial charge in [-0.1, -0.05) is 25.4 Å². The number of carbonyl (C=O) groups is 1. The normalized spacial score (nSPS) is 32.9. The first-order valence-corrected chi connectivity index (χ1v) is 5.25. The predicted molar refractivity (Wildman–Crippen MR) is 53.1 cm³/mol. The maximum atomic E-state index is 11.3. The van der Waals surface area contributed by atoms with E-state index >= 15 is 0 Å². The second-order valence-corrected chi connectivity index (χ2v) is 4.09. The lowest BCUT2D eigenvalue weighted by molar-refractivity contribution is -0.00633. The van der Waals surface area contributed by atoms with Gasteiger partial charge in [0.15, 0.2) is 6.07 Å². The number of halogens is 1. The molecular formula is C9H16ClNO3. The Hall–Kier alpha value is -0.480. The fourth-order valence-electron chi connectivity index (χ4n) is 1.83. The summed E-state index contributed by atoms with van der Waals surface area (Å²) in [5.41, 5.74) is 0. The number of ether oxygens (including phenoxy) is 1. The van der Waals surface area contributed by atoms with Crippen molar-refractivity contribution in [3.63, 3.8) is 0 Å². The molecule has 0 aliphatic carbocycles. The number of aliphatic hydroxyl groups is 1. The Balaban J connectivity index is 2.53. The predicted octanol–water partition coefficient (Wildman–Crippen LogP) is 1.27. The third-order valence-electron chi connectivity index (χ3n) is 2.62. The smallest absolute Gasteiger partial charge is 0.410 e. The molecule has 0 saturated carbocycles. The van der Waals surface area contributed by atoms with Crippen molar-refractivity contribution in [1.29, 1.82) is 0 Å². The molecule has 4 nitrogen and oxygen atoms in total. The SMILES string of the molecule is CC1CN(C(=O)OCCl)CC(C)C1O. The monoisotopic (exact) mass is 221 g/mol. The highest BCUT2D eigenvalue weighted by atomic mass is 35.5. The van der Waals surface area contributed by atoms with Crippen molar-refractivity contribution in [1.82, 2.24) is 4.90 Å². The largest absolute Gasteiger partial charge is 0.433 e. The minimum absolute atomic E-state index is 0.0848. The fraction of sp³-hybridized carbons (Fsp3) is 0.889. The van der Waals surface area contributed by atoms with Crippen LogP contribution < -0.4 is 0 Å². The standard InChI is InChI=1S/C9H16ClNO3/c1-6-3-11(9(13)14-5-10)4-7(2)8(6)12/h6-8,12H,3-5H2,1-2H3. The molecule has 0 radical (unpaired) electrons. The molecule has 1 amide bonds. The lowest BCUT2D eigenvalue weighted by Gasteiger charge is -2.37. The number of hydrogen-bond donors (Lipinski definition) is 1. The maximum Gasteiger partial charge on any atom is 0.410 e. The van der Waals surface area contributed by atoms with E-state index in [-0.39, 0.29) is 24.0 Å². The Morgan fingerprint density at radius 2 is 2.00 bits per heavy atom. The zero-order chi connectivity index (χ0) is 10.7. The van der Waals surface area contributed by atoms with Crippen LogP contribution in [0.3, 0.4) is 0 Å². The summed E-state index contributed by atoms with van der Waals surface area (Å²) in [4.78, 5) is 12.9. The molecule has 0 spiro atoms. The van der Waals surface area contributed by atoms with E-state index in [0.717, 1.165) is 0 Å². The first-order valence-electron chi connectivity index (χ1n) is 4.72. The number of amides is 1. The summed E-state index contributed by atoms with van der Waals surface area (Å²) >= 11 is 5.30. The summed E-state index contributed by atoms with van der Waals surface area (Å²) in [5, 5.41) is 9.67. The Morgan fingerprint density at radius 1 is 1.50 bits per heavy atom. The average molecular weight is 222 g/mol. The van der Waals surface area contributed by atoms with Crippen molar-refractivity contribution in [3.8, 4) is 0 Å². The van der Waals surface area contributed by atoms with Crippen LogP contribution in [-0.4, -0.2) is 41.4 Å².